The highest BCUT2D eigenvalue weighted by atomic mass is 16.4. The van der Waals surface area contributed by atoms with Crippen molar-refractivity contribution in [2.45, 2.75) is 31.5 Å². The number of nitrogens with zero attached hydrogens (tertiary/aromatic N) is 1. The number of hydrogen-bond donors (Lipinski definition) is 5. The molecule has 1 aromatic rings. The summed E-state index contributed by atoms with van der Waals surface area (Å²) < 4.78 is 0. The third-order valence-electron chi connectivity index (χ3n) is 2.55. The third-order valence-corrected chi connectivity index (χ3v) is 2.55. The Balaban J connectivity index is 2.63. The van der Waals surface area contributed by atoms with Gasteiger partial charge in [0.15, 0.2) is 0 Å². The number of carbonyl (C=O) groups is 2. The van der Waals surface area contributed by atoms with Crippen molar-refractivity contribution >= 4 is 11.9 Å². The summed E-state index contributed by atoms with van der Waals surface area (Å²) in [6, 6.07) is -2.76. The van der Waals surface area contributed by atoms with Crippen LogP contribution in [0.5, 0.6) is 0 Å². The Morgan fingerprint density at radius 1 is 1.50 bits per heavy atom. The van der Waals surface area contributed by atoms with Crippen LogP contribution in [0.3, 0.4) is 0 Å². The lowest BCUT2D eigenvalue weighted by Gasteiger charge is -2.22. The smallest absolute Gasteiger partial charge is 0.322 e. The van der Waals surface area contributed by atoms with E-state index in [9.17, 15) is 9.59 Å². The molecule has 1 rings (SSSR count). The van der Waals surface area contributed by atoms with Gasteiger partial charge in [-0.25, -0.2) is 4.98 Å². The molecule has 8 heteroatoms. The largest absolute Gasteiger partial charge is 0.480 e. The van der Waals surface area contributed by atoms with Gasteiger partial charge in [0.05, 0.1) is 12.0 Å². The SMILES string of the molecule is C[C@@H](N[C@H](Cc1c[nH]cn1)C(=O)O)[C@H](N)C(=O)O. The van der Waals surface area contributed by atoms with E-state index in [1.165, 1.54) is 13.3 Å². The fraction of sp³-hybridized carbons (Fsp3) is 0.500. The van der Waals surface area contributed by atoms with Gasteiger partial charge in [-0.05, 0) is 6.92 Å². The topological polar surface area (TPSA) is 141 Å². The molecular formula is C10H16N4O4. The molecule has 0 spiro atoms. The second-order valence-corrected chi connectivity index (χ2v) is 3.97. The molecule has 0 radical (unpaired) electrons. The summed E-state index contributed by atoms with van der Waals surface area (Å²) in [5.41, 5.74) is 5.98. The van der Waals surface area contributed by atoms with Gasteiger partial charge in [0.25, 0.3) is 0 Å². The molecule has 0 aliphatic rings. The molecule has 3 atom stereocenters. The van der Waals surface area contributed by atoms with Crippen LogP contribution in [0.15, 0.2) is 12.5 Å². The van der Waals surface area contributed by atoms with E-state index in [-0.39, 0.29) is 6.42 Å². The minimum Gasteiger partial charge on any atom is -0.480 e. The van der Waals surface area contributed by atoms with E-state index in [0.29, 0.717) is 5.69 Å². The lowest BCUT2D eigenvalue weighted by Crippen LogP contribution is -2.53. The van der Waals surface area contributed by atoms with Crippen LogP contribution in [0.2, 0.25) is 0 Å². The minimum absolute atomic E-state index is 0.148. The van der Waals surface area contributed by atoms with Crippen molar-refractivity contribution in [3.8, 4) is 0 Å². The van der Waals surface area contributed by atoms with Gasteiger partial charge < -0.3 is 20.9 Å². The Morgan fingerprint density at radius 3 is 2.61 bits per heavy atom. The van der Waals surface area contributed by atoms with Crippen LogP contribution in [0.25, 0.3) is 0 Å². The normalized spacial score (nSPS) is 15.9. The summed E-state index contributed by atoms with van der Waals surface area (Å²) in [6.07, 6.45) is 3.18. The van der Waals surface area contributed by atoms with Crippen molar-refractivity contribution in [2.75, 3.05) is 0 Å². The Morgan fingerprint density at radius 2 is 2.17 bits per heavy atom. The highest BCUT2D eigenvalue weighted by Gasteiger charge is 2.26. The number of aliphatic carboxylic acids is 2. The number of H-pyrrole nitrogens is 1. The number of hydrogen-bond acceptors (Lipinski definition) is 5. The molecule has 0 aliphatic heterocycles. The molecule has 0 unspecified atom stereocenters. The van der Waals surface area contributed by atoms with Gasteiger partial charge in [0.2, 0.25) is 0 Å². The van der Waals surface area contributed by atoms with Gasteiger partial charge in [0.1, 0.15) is 12.1 Å². The first-order valence-corrected chi connectivity index (χ1v) is 5.36. The monoisotopic (exact) mass is 256 g/mol. The standard InChI is InChI=1S/C10H16N4O4/c1-5(8(11)10(17)18)14-7(9(15)16)2-6-3-12-4-13-6/h3-5,7-8,14H,2,11H2,1H3,(H,12,13)(H,15,16)(H,17,18)/t5-,7-,8+/m1/s1. The van der Waals surface area contributed by atoms with Crippen molar-refractivity contribution in [1.82, 2.24) is 15.3 Å². The Hall–Kier alpha value is -1.93. The van der Waals surface area contributed by atoms with E-state index < -0.39 is 30.1 Å². The van der Waals surface area contributed by atoms with Crippen molar-refractivity contribution in [2.24, 2.45) is 5.73 Å². The quantitative estimate of drug-likeness (QED) is 0.412. The number of carboxylic acids is 2. The summed E-state index contributed by atoms with van der Waals surface area (Å²) in [4.78, 5) is 28.4. The van der Waals surface area contributed by atoms with Gasteiger partial charge in [-0.15, -0.1) is 0 Å². The van der Waals surface area contributed by atoms with Gasteiger partial charge in [-0.1, -0.05) is 0 Å². The average Bonchev–Trinajstić information content (AvgIpc) is 2.79. The van der Waals surface area contributed by atoms with E-state index in [2.05, 4.69) is 15.3 Å². The number of rotatable bonds is 7. The van der Waals surface area contributed by atoms with Crippen molar-refractivity contribution in [3.05, 3.63) is 18.2 Å². The molecule has 1 aromatic heterocycles. The van der Waals surface area contributed by atoms with E-state index >= 15 is 0 Å². The Labute approximate surface area is 103 Å². The summed E-state index contributed by atoms with van der Waals surface area (Å²) in [5.74, 6) is -2.26. The highest BCUT2D eigenvalue weighted by molar-refractivity contribution is 5.75. The molecule has 0 saturated carbocycles. The fourth-order valence-electron chi connectivity index (χ4n) is 1.46. The molecule has 6 N–H and O–H groups in total. The molecule has 0 aliphatic carbocycles. The maximum atomic E-state index is 11.1. The molecular weight excluding hydrogens is 240 g/mol. The fourth-order valence-corrected chi connectivity index (χ4v) is 1.46. The van der Waals surface area contributed by atoms with E-state index in [1.807, 2.05) is 0 Å². The number of nitrogens with one attached hydrogen (secondary N) is 2. The number of nitrogens with two attached hydrogens (primary N) is 1. The summed E-state index contributed by atoms with van der Waals surface area (Å²) >= 11 is 0. The lowest BCUT2D eigenvalue weighted by molar-refractivity contribution is -0.142. The molecule has 0 aromatic carbocycles. The average molecular weight is 256 g/mol. The number of imidazole rings is 1. The van der Waals surface area contributed by atoms with Crippen LogP contribution in [0.4, 0.5) is 0 Å². The van der Waals surface area contributed by atoms with Crippen LogP contribution in [-0.4, -0.2) is 50.2 Å². The van der Waals surface area contributed by atoms with E-state index in [4.69, 9.17) is 15.9 Å². The highest BCUT2D eigenvalue weighted by Crippen LogP contribution is 2.01. The van der Waals surface area contributed by atoms with Crippen LogP contribution in [0, 0.1) is 0 Å². The number of carboxylic acid groups (broad SMARTS) is 2. The van der Waals surface area contributed by atoms with Crippen molar-refractivity contribution in [1.29, 1.82) is 0 Å². The molecule has 18 heavy (non-hydrogen) atoms. The summed E-state index contributed by atoms with van der Waals surface area (Å²) in [7, 11) is 0. The van der Waals surface area contributed by atoms with E-state index in [0.717, 1.165) is 0 Å². The summed E-state index contributed by atoms with van der Waals surface area (Å²) in [6.45, 7) is 1.53. The first-order chi connectivity index (χ1) is 8.41. The zero-order valence-corrected chi connectivity index (χ0v) is 9.83. The predicted molar refractivity (Wildman–Crippen MR) is 61.9 cm³/mol. The zero-order chi connectivity index (χ0) is 13.7. The van der Waals surface area contributed by atoms with Crippen LogP contribution < -0.4 is 11.1 Å². The van der Waals surface area contributed by atoms with Gasteiger partial charge in [-0.2, -0.15) is 0 Å². The molecule has 0 bridgehead atoms. The minimum atomic E-state index is -1.18. The van der Waals surface area contributed by atoms with Gasteiger partial charge in [-0.3, -0.25) is 14.9 Å². The molecule has 0 fully saturated rings. The zero-order valence-electron chi connectivity index (χ0n) is 9.83. The number of aromatic amines is 1. The first-order valence-electron chi connectivity index (χ1n) is 5.36. The van der Waals surface area contributed by atoms with Crippen molar-refractivity contribution in [3.63, 3.8) is 0 Å². The van der Waals surface area contributed by atoms with Crippen molar-refractivity contribution < 1.29 is 19.8 Å². The maximum Gasteiger partial charge on any atom is 0.322 e. The Bertz CT molecular complexity index is 406. The molecule has 1 heterocycles. The van der Waals surface area contributed by atoms with E-state index in [1.54, 1.807) is 6.20 Å². The van der Waals surface area contributed by atoms with Crippen LogP contribution in [0.1, 0.15) is 12.6 Å². The molecule has 8 nitrogen and oxygen atoms in total. The van der Waals surface area contributed by atoms with Crippen LogP contribution >= 0.6 is 0 Å². The predicted octanol–water partition coefficient (Wildman–Crippen LogP) is -1.20. The molecule has 0 saturated heterocycles. The number of aromatic nitrogens is 2. The second kappa shape index (κ2) is 6.12. The molecule has 100 valence electrons. The molecule has 0 amide bonds. The van der Waals surface area contributed by atoms with Gasteiger partial charge >= 0.3 is 11.9 Å². The first kappa shape index (κ1) is 14.1. The third kappa shape index (κ3) is 3.82. The second-order valence-electron chi connectivity index (χ2n) is 3.97. The Kier molecular flexibility index (Phi) is 4.81. The lowest BCUT2D eigenvalue weighted by atomic mass is 10.1. The maximum absolute atomic E-state index is 11.1. The van der Waals surface area contributed by atoms with Crippen LogP contribution in [-0.2, 0) is 16.0 Å². The summed E-state index contributed by atoms with van der Waals surface area (Å²) in [5, 5.41) is 20.5. The van der Waals surface area contributed by atoms with Gasteiger partial charge in [0, 0.05) is 18.7 Å².